The molecule has 0 aromatic heterocycles. The van der Waals surface area contributed by atoms with Gasteiger partial charge in [0.2, 0.25) is 0 Å². The van der Waals surface area contributed by atoms with Crippen LogP contribution in [0.3, 0.4) is 0 Å². The lowest BCUT2D eigenvalue weighted by molar-refractivity contribution is -0.132. The first kappa shape index (κ1) is 17.2. The van der Waals surface area contributed by atoms with Crippen molar-refractivity contribution in [1.82, 2.24) is 5.43 Å². The maximum Gasteiger partial charge on any atom is 0.308 e. The van der Waals surface area contributed by atoms with Crippen molar-refractivity contribution in [3.63, 3.8) is 0 Å². The summed E-state index contributed by atoms with van der Waals surface area (Å²) >= 11 is 2.03. The van der Waals surface area contributed by atoms with E-state index in [1.165, 1.54) is 18.0 Å². The van der Waals surface area contributed by atoms with Gasteiger partial charge >= 0.3 is 5.97 Å². The van der Waals surface area contributed by atoms with Gasteiger partial charge in [0.05, 0.1) is 9.26 Å². The van der Waals surface area contributed by atoms with E-state index in [0.717, 1.165) is 0 Å². The number of para-hydroxylation sites is 1. The lowest BCUT2D eigenvalue weighted by atomic mass is 10.1. The number of ether oxygens (including phenoxy) is 1. The number of amides is 2. The standard InChI is InChI=1S/C18H13IN2O4/c1-11(22)25-16-8-7-12(10-15(16)19)9-14-17(23)20-21(18(14)24)13-5-3-2-4-6-13/h2-10H,1H3,(H,20,23)/b14-9-. The Morgan fingerprint density at radius 3 is 2.52 bits per heavy atom. The Morgan fingerprint density at radius 2 is 1.88 bits per heavy atom. The summed E-state index contributed by atoms with van der Waals surface area (Å²) in [7, 11) is 0. The predicted molar refractivity (Wildman–Crippen MR) is 101 cm³/mol. The number of benzene rings is 2. The molecule has 1 saturated heterocycles. The third-order valence-corrected chi connectivity index (χ3v) is 4.27. The van der Waals surface area contributed by atoms with E-state index in [1.54, 1.807) is 42.5 Å². The van der Waals surface area contributed by atoms with Crippen molar-refractivity contribution in [3.05, 3.63) is 63.2 Å². The van der Waals surface area contributed by atoms with E-state index >= 15 is 0 Å². The molecule has 1 N–H and O–H groups in total. The number of carbonyl (C=O) groups is 3. The van der Waals surface area contributed by atoms with Crippen molar-refractivity contribution in [2.75, 3.05) is 5.01 Å². The number of hydrogen-bond donors (Lipinski definition) is 1. The van der Waals surface area contributed by atoms with Crippen molar-refractivity contribution in [2.45, 2.75) is 6.92 Å². The summed E-state index contributed by atoms with van der Waals surface area (Å²) in [5, 5.41) is 1.21. The fraction of sp³-hybridized carbons (Fsp3) is 0.0556. The fourth-order valence-corrected chi connectivity index (χ4v) is 2.98. The van der Waals surface area contributed by atoms with E-state index in [2.05, 4.69) is 5.43 Å². The van der Waals surface area contributed by atoms with Crippen molar-refractivity contribution in [2.24, 2.45) is 0 Å². The molecule has 1 aliphatic rings. The Bertz CT molecular complexity index is 893. The lowest BCUT2D eigenvalue weighted by Gasteiger charge is -2.13. The van der Waals surface area contributed by atoms with Crippen LogP contribution in [0, 0.1) is 3.57 Å². The van der Waals surface area contributed by atoms with Crippen LogP contribution < -0.4 is 15.2 Å². The van der Waals surface area contributed by atoms with Crippen LogP contribution in [-0.4, -0.2) is 17.8 Å². The van der Waals surface area contributed by atoms with Gasteiger partial charge in [0, 0.05) is 6.92 Å². The number of hydrogen-bond acceptors (Lipinski definition) is 4. The SMILES string of the molecule is CC(=O)Oc1ccc(/C=C2/C(=O)NN(c3ccccc3)C2=O)cc1I. The van der Waals surface area contributed by atoms with E-state index in [1.807, 2.05) is 28.7 Å². The fourth-order valence-electron chi connectivity index (χ4n) is 2.33. The summed E-state index contributed by atoms with van der Waals surface area (Å²) in [4.78, 5) is 35.7. The second kappa shape index (κ2) is 7.06. The molecule has 0 bridgehead atoms. The maximum atomic E-state index is 12.5. The second-order valence-electron chi connectivity index (χ2n) is 5.26. The quantitative estimate of drug-likeness (QED) is 0.258. The number of rotatable bonds is 3. The van der Waals surface area contributed by atoms with Crippen LogP contribution >= 0.6 is 22.6 Å². The third kappa shape index (κ3) is 3.71. The van der Waals surface area contributed by atoms with Crippen LogP contribution in [0.1, 0.15) is 12.5 Å². The first-order valence-corrected chi connectivity index (χ1v) is 8.44. The van der Waals surface area contributed by atoms with Crippen LogP contribution in [0.15, 0.2) is 54.1 Å². The van der Waals surface area contributed by atoms with Gasteiger partial charge in [-0.15, -0.1) is 0 Å². The van der Waals surface area contributed by atoms with Gasteiger partial charge in [0.1, 0.15) is 11.3 Å². The Labute approximate surface area is 157 Å². The average Bonchev–Trinajstić information content (AvgIpc) is 2.86. The molecule has 3 rings (SSSR count). The van der Waals surface area contributed by atoms with Crippen LogP contribution in [-0.2, 0) is 14.4 Å². The summed E-state index contributed by atoms with van der Waals surface area (Å²) in [5.41, 5.74) is 3.84. The highest BCUT2D eigenvalue weighted by Crippen LogP contribution is 2.25. The molecule has 0 unspecified atom stereocenters. The molecule has 126 valence electrons. The number of nitrogens with zero attached hydrogens (tertiary/aromatic N) is 1. The van der Waals surface area contributed by atoms with E-state index in [0.29, 0.717) is 20.6 Å². The van der Waals surface area contributed by atoms with Crippen molar-refractivity contribution in [1.29, 1.82) is 0 Å². The molecule has 0 aliphatic carbocycles. The summed E-state index contributed by atoms with van der Waals surface area (Å²) in [6, 6.07) is 13.9. The monoisotopic (exact) mass is 448 g/mol. The zero-order valence-corrected chi connectivity index (χ0v) is 15.3. The van der Waals surface area contributed by atoms with Crippen LogP contribution in [0.4, 0.5) is 5.69 Å². The molecule has 6 nitrogen and oxygen atoms in total. The number of anilines is 1. The molecule has 1 heterocycles. The molecule has 7 heteroatoms. The molecule has 2 amide bonds. The van der Waals surface area contributed by atoms with Gasteiger partial charge in [-0.05, 0) is 58.5 Å². The minimum absolute atomic E-state index is 0.0416. The van der Waals surface area contributed by atoms with Crippen LogP contribution in [0.25, 0.3) is 6.08 Å². The van der Waals surface area contributed by atoms with E-state index in [-0.39, 0.29) is 5.57 Å². The Kier molecular flexibility index (Phi) is 4.84. The van der Waals surface area contributed by atoms with E-state index < -0.39 is 17.8 Å². The number of nitrogens with one attached hydrogen (secondary N) is 1. The van der Waals surface area contributed by atoms with Gasteiger partial charge < -0.3 is 4.74 Å². The van der Waals surface area contributed by atoms with Gasteiger partial charge in [-0.2, -0.15) is 0 Å². The highest BCUT2D eigenvalue weighted by Gasteiger charge is 2.34. The number of hydrazine groups is 1. The minimum Gasteiger partial charge on any atom is -0.426 e. The second-order valence-corrected chi connectivity index (χ2v) is 6.42. The predicted octanol–water partition coefficient (Wildman–Crippen LogP) is 2.68. The summed E-state index contributed by atoms with van der Waals surface area (Å²) in [5.74, 6) is -0.862. The van der Waals surface area contributed by atoms with Gasteiger partial charge in [-0.1, -0.05) is 24.3 Å². The Hall–Kier alpha value is -2.68. The number of esters is 1. The van der Waals surface area contributed by atoms with Gasteiger partial charge in [-0.3, -0.25) is 19.8 Å². The molecule has 2 aromatic rings. The molecule has 0 radical (unpaired) electrons. The van der Waals surface area contributed by atoms with E-state index in [9.17, 15) is 14.4 Å². The van der Waals surface area contributed by atoms with E-state index in [4.69, 9.17) is 4.74 Å². The normalized spacial score (nSPS) is 15.4. The summed E-state index contributed by atoms with van der Waals surface area (Å²) in [6.07, 6.45) is 1.51. The van der Waals surface area contributed by atoms with Gasteiger partial charge in [0.25, 0.3) is 11.8 Å². The highest BCUT2D eigenvalue weighted by atomic mass is 127. The topological polar surface area (TPSA) is 75.7 Å². The van der Waals surface area contributed by atoms with Crippen molar-refractivity contribution in [3.8, 4) is 5.75 Å². The summed E-state index contributed by atoms with van der Waals surface area (Å²) < 4.78 is 5.77. The molecule has 0 atom stereocenters. The molecular weight excluding hydrogens is 435 g/mol. The third-order valence-electron chi connectivity index (χ3n) is 3.43. The Balaban J connectivity index is 1.88. The molecule has 1 aliphatic heterocycles. The molecule has 0 saturated carbocycles. The van der Waals surface area contributed by atoms with Gasteiger partial charge in [-0.25, -0.2) is 5.01 Å². The molecule has 2 aromatic carbocycles. The first-order chi connectivity index (χ1) is 12.0. The first-order valence-electron chi connectivity index (χ1n) is 7.36. The van der Waals surface area contributed by atoms with Gasteiger partial charge in [0.15, 0.2) is 0 Å². The smallest absolute Gasteiger partial charge is 0.308 e. The van der Waals surface area contributed by atoms with Crippen molar-refractivity contribution < 1.29 is 19.1 Å². The largest absolute Gasteiger partial charge is 0.426 e. The highest BCUT2D eigenvalue weighted by molar-refractivity contribution is 14.1. The molecule has 0 spiro atoms. The van der Waals surface area contributed by atoms with Crippen molar-refractivity contribution >= 4 is 52.1 Å². The zero-order valence-electron chi connectivity index (χ0n) is 13.2. The molecule has 1 fully saturated rings. The average molecular weight is 448 g/mol. The Morgan fingerprint density at radius 1 is 1.16 bits per heavy atom. The minimum atomic E-state index is -0.465. The number of halogens is 1. The molecule has 25 heavy (non-hydrogen) atoms. The van der Waals surface area contributed by atoms with Crippen LogP contribution in [0.2, 0.25) is 0 Å². The molecular formula is C18H13IN2O4. The lowest BCUT2D eigenvalue weighted by Crippen LogP contribution is -2.35. The summed E-state index contributed by atoms with van der Waals surface area (Å²) in [6.45, 7) is 1.33. The number of carbonyl (C=O) groups excluding carboxylic acids is 3. The maximum absolute atomic E-state index is 12.5. The van der Waals surface area contributed by atoms with Crippen LogP contribution in [0.5, 0.6) is 5.75 Å². The zero-order chi connectivity index (χ0) is 18.0.